The predicted molar refractivity (Wildman–Crippen MR) is 74.3 cm³/mol. The van der Waals surface area contributed by atoms with Crippen molar-refractivity contribution < 1.29 is 18.7 Å². The van der Waals surface area contributed by atoms with Crippen molar-refractivity contribution in [3.8, 4) is 5.75 Å². The van der Waals surface area contributed by atoms with Crippen molar-refractivity contribution in [1.82, 2.24) is 4.57 Å². The standard InChI is InChI=1S/C15H14FNO4/c1-3-20-15(19)11-6-17-8(2)7-21-12-5-9(16)4-10(13(12)17)14(11)18/h4-6,8H,3,7H2,1-2H3. The summed E-state index contributed by atoms with van der Waals surface area (Å²) in [7, 11) is 0. The first-order chi connectivity index (χ1) is 10.0. The molecule has 1 aromatic heterocycles. The third-order valence-electron chi connectivity index (χ3n) is 3.51. The van der Waals surface area contributed by atoms with Crippen molar-refractivity contribution in [2.24, 2.45) is 0 Å². The van der Waals surface area contributed by atoms with E-state index < -0.39 is 17.2 Å². The molecule has 0 amide bonds. The van der Waals surface area contributed by atoms with Crippen molar-refractivity contribution in [1.29, 1.82) is 0 Å². The van der Waals surface area contributed by atoms with Crippen molar-refractivity contribution >= 4 is 16.9 Å². The maximum absolute atomic E-state index is 13.7. The number of hydrogen-bond acceptors (Lipinski definition) is 4. The molecular formula is C15H14FNO4. The molecular weight excluding hydrogens is 277 g/mol. The van der Waals surface area contributed by atoms with E-state index in [-0.39, 0.29) is 23.6 Å². The van der Waals surface area contributed by atoms with E-state index in [9.17, 15) is 14.0 Å². The van der Waals surface area contributed by atoms with Gasteiger partial charge in [0, 0.05) is 12.3 Å². The summed E-state index contributed by atoms with van der Waals surface area (Å²) in [6.07, 6.45) is 1.47. The molecule has 1 unspecified atom stereocenters. The number of nitrogens with zero attached hydrogens (tertiary/aromatic N) is 1. The van der Waals surface area contributed by atoms with Gasteiger partial charge in [0.15, 0.2) is 0 Å². The van der Waals surface area contributed by atoms with Gasteiger partial charge in [0.2, 0.25) is 5.43 Å². The lowest BCUT2D eigenvalue weighted by Crippen LogP contribution is -2.27. The first-order valence-corrected chi connectivity index (χ1v) is 6.71. The molecule has 1 atom stereocenters. The SMILES string of the molecule is CCOC(=O)c1cn2c3c(cc(F)cc3c1=O)OCC2C. The quantitative estimate of drug-likeness (QED) is 0.796. The van der Waals surface area contributed by atoms with E-state index in [2.05, 4.69) is 0 Å². The molecule has 1 aromatic carbocycles. The lowest BCUT2D eigenvalue weighted by Gasteiger charge is -2.26. The summed E-state index contributed by atoms with van der Waals surface area (Å²) in [4.78, 5) is 24.3. The average Bonchev–Trinajstić information content (AvgIpc) is 2.45. The monoisotopic (exact) mass is 291 g/mol. The molecule has 1 aliphatic rings. The summed E-state index contributed by atoms with van der Waals surface area (Å²) in [5.74, 6) is -0.954. The number of carbonyl (C=O) groups excluding carboxylic acids is 1. The van der Waals surface area contributed by atoms with E-state index in [4.69, 9.17) is 9.47 Å². The highest BCUT2D eigenvalue weighted by molar-refractivity contribution is 5.95. The van der Waals surface area contributed by atoms with E-state index >= 15 is 0 Å². The number of rotatable bonds is 2. The fourth-order valence-electron chi connectivity index (χ4n) is 2.52. The molecule has 110 valence electrons. The van der Waals surface area contributed by atoms with Crippen LogP contribution in [0.2, 0.25) is 0 Å². The largest absolute Gasteiger partial charge is 0.489 e. The Bertz CT molecular complexity index is 796. The highest BCUT2D eigenvalue weighted by Crippen LogP contribution is 2.32. The number of hydrogen-bond donors (Lipinski definition) is 0. The van der Waals surface area contributed by atoms with Gasteiger partial charge in [-0.2, -0.15) is 0 Å². The molecule has 1 aliphatic heterocycles. The van der Waals surface area contributed by atoms with Crippen LogP contribution in [-0.4, -0.2) is 23.8 Å². The molecule has 5 nitrogen and oxygen atoms in total. The molecule has 21 heavy (non-hydrogen) atoms. The van der Waals surface area contributed by atoms with E-state index in [1.54, 1.807) is 11.5 Å². The van der Waals surface area contributed by atoms with Crippen LogP contribution in [0.3, 0.4) is 0 Å². The van der Waals surface area contributed by atoms with E-state index in [0.717, 1.165) is 6.07 Å². The molecule has 0 bridgehead atoms. The van der Waals surface area contributed by atoms with Gasteiger partial charge < -0.3 is 14.0 Å². The van der Waals surface area contributed by atoms with Crippen LogP contribution in [0, 0.1) is 5.82 Å². The second kappa shape index (κ2) is 4.87. The maximum Gasteiger partial charge on any atom is 0.343 e. The second-order valence-corrected chi connectivity index (χ2v) is 4.96. The average molecular weight is 291 g/mol. The Morgan fingerprint density at radius 1 is 1.52 bits per heavy atom. The van der Waals surface area contributed by atoms with E-state index in [1.807, 2.05) is 6.92 Å². The van der Waals surface area contributed by atoms with Gasteiger partial charge in [0.1, 0.15) is 23.7 Å². The minimum absolute atomic E-state index is 0.0702. The molecule has 0 fully saturated rings. The third kappa shape index (κ3) is 2.07. The molecule has 0 spiro atoms. The fraction of sp³-hybridized carbons (Fsp3) is 0.333. The van der Waals surface area contributed by atoms with Crippen molar-refractivity contribution in [3.63, 3.8) is 0 Å². The summed E-state index contributed by atoms with van der Waals surface area (Å²) < 4.78 is 25.8. The van der Waals surface area contributed by atoms with Gasteiger partial charge in [0.05, 0.1) is 23.6 Å². The number of ether oxygens (including phenoxy) is 2. The summed E-state index contributed by atoms with van der Waals surface area (Å²) >= 11 is 0. The topological polar surface area (TPSA) is 57.5 Å². The van der Waals surface area contributed by atoms with Gasteiger partial charge in [-0.1, -0.05) is 0 Å². The Balaban J connectivity index is 2.38. The smallest absolute Gasteiger partial charge is 0.343 e. The minimum Gasteiger partial charge on any atom is -0.489 e. The molecule has 0 N–H and O–H groups in total. The molecule has 0 radical (unpaired) electrons. The first kappa shape index (κ1) is 13.6. The van der Waals surface area contributed by atoms with Crippen LogP contribution in [0.4, 0.5) is 4.39 Å². The van der Waals surface area contributed by atoms with Crippen molar-refractivity contribution in [3.05, 3.63) is 39.9 Å². The Morgan fingerprint density at radius 3 is 3.00 bits per heavy atom. The Labute approximate surface area is 119 Å². The zero-order valence-corrected chi connectivity index (χ0v) is 11.7. The Morgan fingerprint density at radius 2 is 2.29 bits per heavy atom. The van der Waals surface area contributed by atoms with E-state index in [0.29, 0.717) is 17.9 Å². The van der Waals surface area contributed by atoms with Crippen LogP contribution < -0.4 is 10.2 Å². The molecule has 0 saturated heterocycles. The normalized spacial score (nSPS) is 16.6. The lowest BCUT2D eigenvalue weighted by atomic mass is 10.1. The number of pyridine rings is 1. The number of carbonyl (C=O) groups is 1. The van der Waals surface area contributed by atoms with Gasteiger partial charge in [-0.05, 0) is 19.9 Å². The van der Waals surface area contributed by atoms with Gasteiger partial charge >= 0.3 is 5.97 Å². The molecule has 2 aromatic rings. The fourth-order valence-corrected chi connectivity index (χ4v) is 2.52. The van der Waals surface area contributed by atoms with Crippen LogP contribution in [0.15, 0.2) is 23.1 Å². The Hall–Kier alpha value is -2.37. The van der Waals surface area contributed by atoms with Crippen LogP contribution in [0.25, 0.3) is 10.9 Å². The van der Waals surface area contributed by atoms with Gasteiger partial charge in [-0.15, -0.1) is 0 Å². The summed E-state index contributed by atoms with van der Waals surface area (Å²) in [5, 5.41) is 0.127. The molecule has 0 aliphatic carbocycles. The lowest BCUT2D eigenvalue weighted by molar-refractivity contribution is 0.0523. The minimum atomic E-state index is -0.697. The van der Waals surface area contributed by atoms with E-state index in [1.165, 1.54) is 12.3 Å². The van der Waals surface area contributed by atoms with Crippen LogP contribution in [0.1, 0.15) is 30.2 Å². The summed E-state index contributed by atoms with van der Waals surface area (Å²) in [5.41, 5.74) is -0.124. The van der Waals surface area contributed by atoms with Crippen LogP contribution in [0.5, 0.6) is 5.75 Å². The maximum atomic E-state index is 13.7. The Kier molecular flexibility index (Phi) is 3.16. The molecule has 2 heterocycles. The van der Waals surface area contributed by atoms with Gasteiger partial charge in [-0.25, -0.2) is 9.18 Å². The number of esters is 1. The third-order valence-corrected chi connectivity index (χ3v) is 3.51. The van der Waals surface area contributed by atoms with Crippen LogP contribution >= 0.6 is 0 Å². The highest BCUT2D eigenvalue weighted by Gasteiger charge is 2.25. The summed E-state index contributed by atoms with van der Waals surface area (Å²) in [6, 6.07) is 2.30. The zero-order chi connectivity index (χ0) is 15.1. The first-order valence-electron chi connectivity index (χ1n) is 6.71. The predicted octanol–water partition coefficient (Wildman–Crippen LogP) is 2.27. The van der Waals surface area contributed by atoms with Crippen molar-refractivity contribution in [2.45, 2.75) is 19.9 Å². The van der Waals surface area contributed by atoms with Gasteiger partial charge in [0.25, 0.3) is 0 Å². The highest BCUT2D eigenvalue weighted by atomic mass is 19.1. The second-order valence-electron chi connectivity index (χ2n) is 4.96. The van der Waals surface area contributed by atoms with Crippen LogP contribution in [-0.2, 0) is 4.74 Å². The van der Waals surface area contributed by atoms with Gasteiger partial charge in [-0.3, -0.25) is 4.79 Å². The molecule has 3 rings (SSSR count). The zero-order valence-electron chi connectivity index (χ0n) is 11.7. The number of aromatic nitrogens is 1. The number of benzene rings is 1. The number of halogens is 1. The molecule has 6 heteroatoms. The molecule has 0 saturated carbocycles. The van der Waals surface area contributed by atoms with Crippen molar-refractivity contribution in [2.75, 3.05) is 13.2 Å². The summed E-state index contributed by atoms with van der Waals surface area (Å²) in [6.45, 7) is 4.07.